The fraction of sp³-hybridized carbons (Fsp3) is 0.550. The van der Waals surface area contributed by atoms with Crippen LogP contribution in [0, 0.1) is 5.92 Å². The number of nitrogens with zero attached hydrogens (tertiary/aromatic N) is 1. The topological polar surface area (TPSA) is 86.7 Å². The van der Waals surface area contributed by atoms with E-state index in [1.165, 1.54) is 0 Å². The van der Waals surface area contributed by atoms with Crippen LogP contribution in [0.25, 0.3) is 0 Å². The highest BCUT2D eigenvalue weighted by Crippen LogP contribution is 2.28. The molecule has 2 atom stereocenters. The smallest absolute Gasteiger partial charge is 0.303 e. The Kier molecular flexibility index (Phi) is 5.91. The lowest BCUT2D eigenvalue weighted by molar-refractivity contribution is -0.140. The predicted molar refractivity (Wildman–Crippen MR) is 97.7 cm³/mol. The molecule has 2 aliphatic rings. The van der Waals surface area contributed by atoms with Crippen LogP contribution in [0.1, 0.15) is 50.5 Å². The van der Waals surface area contributed by atoms with E-state index in [-0.39, 0.29) is 30.2 Å². The van der Waals surface area contributed by atoms with E-state index in [1.807, 2.05) is 29.2 Å². The number of fused-ring (bicyclic) bond motifs is 1. The van der Waals surface area contributed by atoms with E-state index >= 15 is 0 Å². The third-order valence-electron chi connectivity index (χ3n) is 5.46. The van der Waals surface area contributed by atoms with E-state index in [0.29, 0.717) is 32.2 Å². The number of hydrogen-bond acceptors (Lipinski definition) is 3. The Morgan fingerprint density at radius 2 is 1.96 bits per heavy atom. The van der Waals surface area contributed by atoms with Crippen LogP contribution >= 0.6 is 0 Å². The summed E-state index contributed by atoms with van der Waals surface area (Å²) in [6.07, 6.45) is 5.01. The highest BCUT2D eigenvalue weighted by atomic mass is 16.4. The minimum absolute atomic E-state index is 0.0161. The Bertz CT molecular complexity index is 688. The molecule has 2 amide bonds. The SMILES string of the molecule is O=C(O)CCC1CCCCN1C(=O)CCC1Cc2ccccc2NC1=O. The summed E-state index contributed by atoms with van der Waals surface area (Å²) in [5.74, 6) is -0.971. The van der Waals surface area contributed by atoms with Crippen molar-refractivity contribution in [2.24, 2.45) is 5.92 Å². The third kappa shape index (κ3) is 4.42. The second-order valence-electron chi connectivity index (χ2n) is 7.26. The molecule has 0 aromatic heterocycles. The Morgan fingerprint density at radius 1 is 1.15 bits per heavy atom. The molecule has 2 heterocycles. The molecule has 0 saturated carbocycles. The Morgan fingerprint density at radius 3 is 2.77 bits per heavy atom. The number of carboxylic acids is 1. The van der Waals surface area contributed by atoms with Crippen molar-refractivity contribution in [3.8, 4) is 0 Å². The highest BCUT2D eigenvalue weighted by Gasteiger charge is 2.30. The van der Waals surface area contributed by atoms with Gasteiger partial charge < -0.3 is 15.3 Å². The Hall–Kier alpha value is -2.37. The van der Waals surface area contributed by atoms with Crippen LogP contribution in [0.4, 0.5) is 5.69 Å². The van der Waals surface area contributed by atoms with Gasteiger partial charge in [-0.15, -0.1) is 0 Å². The normalized spacial score (nSPS) is 22.5. The van der Waals surface area contributed by atoms with E-state index in [1.54, 1.807) is 0 Å². The first-order chi connectivity index (χ1) is 12.5. The minimum Gasteiger partial charge on any atom is -0.481 e. The van der Waals surface area contributed by atoms with Gasteiger partial charge in [-0.3, -0.25) is 14.4 Å². The molecule has 0 radical (unpaired) electrons. The second-order valence-corrected chi connectivity index (χ2v) is 7.26. The molecular formula is C20H26N2O4. The summed E-state index contributed by atoms with van der Waals surface area (Å²) in [6, 6.07) is 7.79. The molecule has 26 heavy (non-hydrogen) atoms. The van der Waals surface area contributed by atoms with E-state index < -0.39 is 5.97 Å². The number of carbonyl (C=O) groups excluding carboxylic acids is 2. The summed E-state index contributed by atoms with van der Waals surface area (Å²) >= 11 is 0. The molecule has 140 valence electrons. The molecule has 2 N–H and O–H groups in total. The van der Waals surface area contributed by atoms with E-state index in [4.69, 9.17) is 5.11 Å². The molecule has 6 heteroatoms. The number of para-hydroxylation sites is 1. The molecule has 0 bridgehead atoms. The van der Waals surface area contributed by atoms with Gasteiger partial charge in [0.25, 0.3) is 0 Å². The van der Waals surface area contributed by atoms with Crippen molar-refractivity contribution < 1.29 is 19.5 Å². The van der Waals surface area contributed by atoms with E-state index in [2.05, 4.69) is 5.32 Å². The van der Waals surface area contributed by atoms with Crippen molar-refractivity contribution in [3.63, 3.8) is 0 Å². The number of nitrogens with one attached hydrogen (secondary N) is 1. The van der Waals surface area contributed by atoms with Gasteiger partial charge in [0.1, 0.15) is 0 Å². The van der Waals surface area contributed by atoms with Crippen molar-refractivity contribution in [1.82, 2.24) is 4.90 Å². The van der Waals surface area contributed by atoms with Crippen LogP contribution in [0.3, 0.4) is 0 Å². The van der Waals surface area contributed by atoms with Gasteiger partial charge in [0.05, 0.1) is 0 Å². The first kappa shape index (κ1) is 18.4. The number of likely N-dealkylation sites (tertiary alicyclic amines) is 1. The van der Waals surface area contributed by atoms with Crippen molar-refractivity contribution in [3.05, 3.63) is 29.8 Å². The van der Waals surface area contributed by atoms with E-state index in [9.17, 15) is 14.4 Å². The Labute approximate surface area is 153 Å². The number of anilines is 1. The lowest BCUT2D eigenvalue weighted by Crippen LogP contribution is -2.44. The first-order valence-corrected chi connectivity index (χ1v) is 9.44. The quantitative estimate of drug-likeness (QED) is 0.819. The van der Waals surface area contributed by atoms with Gasteiger partial charge in [0.15, 0.2) is 0 Å². The fourth-order valence-electron chi connectivity index (χ4n) is 4.01. The molecule has 0 spiro atoms. The average Bonchev–Trinajstić information content (AvgIpc) is 2.64. The van der Waals surface area contributed by atoms with Crippen LogP contribution in [-0.4, -0.2) is 40.4 Å². The number of hydrogen-bond donors (Lipinski definition) is 2. The molecule has 2 aliphatic heterocycles. The van der Waals surface area contributed by atoms with Crippen LogP contribution in [-0.2, 0) is 20.8 Å². The summed E-state index contributed by atoms with van der Waals surface area (Å²) in [7, 11) is 0. The number of carboxylic acid groups (broad SMARTS) is 1. The van der Waals surface area contributed by atoms with Gasteiger partial charge in [-0.1, -0.05) is 18.2 Å². The summed E-state index contributed by atoms with van der Waals surface area (Å²) < 4.78 is 0. The van der Waals surface area contributed by atoms with Gasteiger partial charge in [0.2, 0.25) is 11.8 Å². The van der Waals surface area contributed by atoms with Crippen molar-refractivity contribution >= 4 is 23.5 Å². The summed E-state index contributed by atoms with van der Waals surface area (Å²) in [6.45, 7) is 0.697. The van der Waals surface area contributed by atoms with Gasteiger partial charge >= 0.3 is 5.97 Å². The second kappa shape index (κ2) is 8.34. The monoisotopic (exact) mass is 358 g/mol. The summed E-state index contributed by atoms with van der Waals surface area (Å²) in [4.78, 5) is 37.7. The zero-order valence-electron chi connectivity index (χ0n) is 14.9. The van der Waals surface area contributed by atoms with Gasteiger partial charge in [-0.05, 0) is 50.2 Å². The highest BCUT2D eigenvalue weighted by molar-refractivity contribution is 5.96. The molecule has 2 unspecified atom stereocenters. The lowest BCUT2D eigenvalue weighted by Gasteiger charge is -2.36. The van der Waals surface area contributed by atoms with Crippen molar-refractivity contribution in [2.45, 2.75) is 57.4 Å². The van der Waals surface area contributed by atoms with Crippen LogP contribution < -0.4 is 5.32 Å². The predicted octanol–water partition coefficient (Wildman–Crippen LogP) is 2.82. The van der Waals surface area contributed by atoms with Crippen molar-refractivity contribution in [2.75, 3.05) is 11.9 Å². The van der Waals surface area contributed by atoms with Gasteiger partial charge in [-0.25, -0.2) is 0 Å². The molecule has 1 aromatic rings. The number of amides is 2. The van der Waals surface area contributed by atoms with Crippen LogP contribution in [0.15, 0.2) is 24.3 Å². The molecular weight excluding hydrogens is 332 g/mol. The first-order valence-electron chi connectivity index (χ1n) is 9.44. The zero-order valence-corrected chi connectivity index (χ0v) is 14.9. The maximum absolute atomic E-state index is 12.7. The minimum atomic E-state index is -0.819. The number of benzene rings is 1. The molecule has 0 aliphatic carbocycles. The molecule has 3 rings (SSSR count). The van der Waals surface area contributed by atoms with Gasteiger partial charge in [-0.2, -0.15) is 0 Å². The zero-order chi connectivity index (χ0) is 18.5. The van der Waals surface area contributed by atoms with Gasteiger partial charge in [0, 0.05) is 37.0 Å². The molecule has 1 aromatic carbocycles. The largest absolute Gasteiger partial charge is 0.481 e. The molecule has 1 fully saturated rings. The van der Waals surface area contributed by atoms with Crippen LogP contribution in [0.5, 0.6) is 0 Å². The maximum Gasteiger partial charge on any atom is 0.303 e. The van der Waals surface area contributed by atoms with E-state index in [0.717, 1.165) is 30.5 Å². The molecule has 1 saturated heterocycles. The Balaban J connectivity index is 1.55. The number of piperidine rings is 1. The number of carbonyl (C=O) groups is 3. The lowest BCUT2D eigenvalue weighted by atomic mass is 9.89. The average molecular weight is 358 g/mol. The summed E-state index contributed by atoms with van der Waals surface area (Å²) in [5, 5.41) is 11.8. The fourth-order valence-corrected chi connectivity index (χ4v) is 4.01. The third-order valence-corrected chi connectivity index (χ3v) is 5.46. The summed E-state index contributed by atoms with van der Waals surface area (Å²) in [5.41, 5.74) is 1.98. The maximum atomic E-state index is 12.7. The number of rotatable bonds is 6. The van der Waals surface area contributed by atoms with Crippen LogP contribution in [0.2, 0.25) is 0 Å². The van der Waals surface area contributed by atoms with Crippen molar-refractivity contribution in [1.29, 1.82) is 0 Å². The standard InChI is InChI=1S/C20H26N2O4/c23-18(22-12-4-3-6-16(22)9-11-19(24)25)10-8-15-13-14-5-1-2-7-17(14)21-20(15)26/h1-2,5,7,15-16H,3-4,6,8-13H2,(H,21,26)(H,24,25). The molecule has 6 nitrogen and oxygen atoms in total. The number of aliphatic carboxylic acids is 1.